The van der Waals surface area contributed by atoms with Crippen molar-refractivity contribution in [3.63, 3.8) is 0 Å². The number of carboxylic acid groups (broad SMARTS) is 3. The number of hydrogen-bond donors (Lipinski definition) is 10. The number of nitrogens with zero attached hydrogens (tertiary/aromatic N) is 2. The molecule has 3 aliphatic rings. The molecule has 2 aliphatic heterocycles. The first kappa shape index (κ1) is 102. The summed E-state index contributed by atoms with van der Waals surface area (Å²) < 4.78 is 105. The smallest absolute Gasteiger partial charge is 0.425 e. The van der Waals surface area contributed by atoms with E-state index in [1.165, 1.54) is 18.2 Å². The third-order valence-corrected chi connectivity index (χ3v) is 22.4. The van der Waals surface area contributed by atoms with E-state index in [2.05, 4.69) is 74.2 Å². The number of carbonyl (C=O) groups is 9. The molecule has 5 amide bonds. The number of hydrogen-bond acceptors (Lipinski definition) is 22. The van der Waals surface area contributed by atoms with Crippen molar-refractivity contribution in [1.82, 2.24) is 26.6 Å². The van der Waals surface area contributed by atoms with Crippen LogP contribution in [0.5, 0.6) is 5.75 Å². The molecule has 1 aliphatic carbocycles. The number of Topliss-reactive ketones (excluding diaryl/α,β-unsaturated/α-hetero) is 2. The van der Waals surface area contributed by atoms with Gasteiger partial charge in [0.1, 0.15) is 35.9 Å². The molecule has 10 N–H and O–H groups in total. The number of anilines is 1. The van der Waals surface area contributed by atoms with Gasteiger partial charge in [0.05, 0.1) is 27.7 Å². The Bertz CT molecular complexity index is 5150. The number of urea groups is 1. The van der Waals surface area contributed by atoms with E-state index in [1.54, 1.807) is 78.9 Å². The highest BCUT2D eigenvalue weighted by Crippen LogP contribution is 2.49. The van der Waals surface area contributed by atoms with E-state index in [9.17, 15) is 79.3 Å². The minimum absolute atomic E-state index is 0.00651. The van der Waals surface area contributed by atoms with Crippen molar-refractivity contribution in [3.8, 4) is 5.75 Å². The second kappa shape index (κ2) is 49.8. The lowest BCUT2D eigenvalue weighted by molar-refractivity contribution is -0.438. The Morgan fingerprint density at radius 1 is 0.585 bits per heavy atom. The fraction of sp³-hybridized carbons (Fsp3) is 0.425. The van der Waals surface area contributed by atoms with E-state index in [1.807, 2.05) is 52.0 Å². The van der Waals surface area contributed by atoms with Gasteiger partial charge in [-0.25, -0.2) is 14.4 Å². The van der Waals surface area contributed by atoms with Crippen molar-refractivity contribution in [2.24, 2.45) is 5.92 Å². The zero-order valence-corrected chi connectivity index (χ0v) is 71.7. The molecule has 0 radical (unpaired) electrons. The molecule has 0 aromatic heterocycles. The standard InChI is InChI=1S/C85H105N7O19S2.2CO2.O3S/c1-7-9-19-49-92-72-41-38-65(113(108,109)110)54-67(72)85(5,6)75(92)43-34-60-27-20-26-59(33-42-74-84(3,4)66-53-64(112(105,106)107)37-40-71(66)91(74)48-10-8-2)79(60)111-63-35-31-56(32-36-63)45-47-86-77(96)55-70(82(102)103)89-80(99)61(50-57-22-13-11-14-23-57)52-73(94)69(51-58-24-15-12-16-25-58)88-76(95)30-18-17-28-62(93)29-21-46-87-83(104)90-68(81(100)101)39-44-78(97)98;2*2-1-3;1-4(2)3/h11-16,22-25,31-38,40-43,53-54,61,68-70H,7-10,17-21,26-30,39,44-52,55H2,1-6H3,(H9-,86,87,88,89,90,95,96,97,98,99,100,101,102,103,104,105,106,107,108,109,110);;;/p+1/t61-,68-,69+,70+;;;/m1.../s1. The molecule has 8 rings (SSSR count). The zero-order chi connectivity index (χ0) is 91.2. The van der Waals surface area contributed by atoms with Crippen molar-refractivity contribution >= 4 is 113 Å². The lowest BCUT2D eigenvalue weighted by Crippen LogP contribution is -2.48. The summed E-state index contributed by atoms with van der Waals surface area (Å²) in [6.45, 7) is 13.8. The predicted octanol–water partition coefficient (Wildman–Crippen LogP) is 9.75. The Balaban J connectivity index is 0.00000255. The molecule has 0 spiro atoms. The maximum absolute atomic E-state index is 14.5. The SMILES string of the molecule is CCCCC[N+]1=C(/C=C/C2=C(Oc3ccc(CCNC(=O)C[C@H](NC(=O)[C@@H](CC(=O)[C@H](Cc4ccccc4)NC(=O)CCCCC(=O)CCCNC(=O)N[C@H](CCC(=O)O)C(=O)O)Cc4ccccc4)C(=O)O)cc3)C(=C/C=C3/N(CCCC)c4ccc(S(=O)(=O)O)cc4C3(C)C)/CCC2)C(C)(C)c2cc(S(=O)(=O)O)ccc21.O=C=O.O=C=O.O=S(=O)=O. The lowest BCUT2D eigenvalue weighted by Gasteiger charge is -2.27. The monoisotopic (exact) mass is 1760 g/mol. The molecule has 5 aromatic rings. The fourth-order valence-electron chi connectivity index (χ4n) is 14.5. The summed E-state index contributed by atoms with van der Waals surface area (Å²) in [5.41, 5.74) is 7.62. The third-order valence-electron chi connectivity index (χ3n) is 20.7. The third kappa shape index (κ3) is 32.7. The van der Waals surface area contributed by atoms with Crippen LogP contribution < -0.4 is 36.2 Å². The molecule has 2 heterocycles. The van der Waals surface area contributed by atoms with Gasteiger partial charge in [-0.2, -0.15) is 40.6 Å². The van der Waals surface area contributed by atoms with Gasteiger partial charge in [0.15, 0.2) is 11.5 Å². The van der Waals surface area contributed by atoms with E-state index in [4.69, 9.17) is 41.6 Å². The largest absolute Gasteiger partial charge is 0.481 e. The Kier molecular flexibility index (Phi) is 41.1. The van der Waals surface area contributed by atoms with Crippen LogP contribution in [0.15, 0.2) is 178 Å². The molecule has 0 fully saturated rings. The number of ketones is 2. The Hall–Kier alpha value is -12.0. The van der Waals surface area contributed by atoms with Crippen molar-refractivity contribution in [3.05, 3.63) is 196 Å². The Labute approximate surface area is 715 Å². The first-order valence-electron chi connectivity index (χ1n) is 40.0. The summed E-state index contributed by atoms with van der Waals surface area (Å²) in [6.07, 6.45) is 14.9. The van der Waals surface area contributed by atoms with Crippen LogP contribution in [0.4, 0.5) is 16.2 Å². The van der Waals surface area contributed by atoms with Crippen LogP contribution >= 0.6 is 0 Å². The van der Waals surface area contributed by atoms with Crippen LogP contribution in [0.2, 0.25) is 0 Å². The normalized spacial score (nSPS) is 15.2. The molecule has 0 saturated carbocycles. The summed E-state index contributed by atoms with van der Waals surface area (Å²) in [6, 6.07) is 29.4. The molecule has 123 heavy (non-hydrogen) atoms. The van der Waals surface area contributed by atoms with Crippen molar-refractivity contribution in [1.29, 1.82) is 0 Å². The number of ether oxygens (including phenoxy) is 1. The molecular weight excluding hydrogens is 1660 g/mol. The number of rotatable bonds is 44. The summed E-state index contributed by atoms with van der Waals surface area (Å²) >= 11 is 0. The van der Waals surface area contributed by atoms with E-state index in [-0.39, 0.29) is 92.3 Å². The number of aliphatic carboxylic acids is 3. The zero-order valence-electron chi connectivity index (χ0n) is 69.3. The number of fused-ring (bicyclic) bond motifs is 2. The van der Waals surface area contributed by atoms with Gasteiger partial charge in [-0.15, -0.1) is 12.6 Å². The van der Waals surface area contributed by atoms with Gasteiger partial charge in [-0.3, -0.25) is 37.9 Å². The van der Waals surface area contributed by atoms with Crippen molar-refractivity contribution in [2.45, 2.75) is 215 Å². The number of carboxylic acids is 3. The number of benzene rings is 5. The number of amides is 5. The highest BCUT2D eigenvalue weighted by atomic mass is 32.2. The first-order chi connectivity index (χ1) is 58.2. The van der Waals surface area contributed by atoms with Gasteiger partial charge in [-0.1, -0.05) is 119 Å². The van der Waals surface area contributed by atoms with Crippen LogP contribution in [-0.4, -0.2) is 174 Å². The van der Waals surface area contributed by atoms with E-state index in [0.29, 0.717) is 61.4 Å². The average Bonchev–Trinajstić information content (AvgIpc) is 1.59. The highest BCUT2D eigenvalue weighted by Gasteiger charge is 2.46. The van der Waals surface area contributed by atoms with Crippen molar-refractivity contribution < 1.29 is 126 Å². The second-order valence-corrected chi connectivity index (χ2v) is 33.6. The number of carbonyl (C=O) groups excluding carboxylic acids is 10. The summed E-state index contributed by atoms with van der Waals surface area (Å²) in [5, 5.41) is 41.4. The highest BCUT2D eigenvalue weighted by molar-refractivity contribution is 7.86. The Morgan fingerprint density at radius 2 is 1.16 bits per heavy atom. The quantitative estimate of drug-likeness (QED) is 0.00984. The maximum Gasteiger partial charge on any atom is 0.425 e. The molecule has 4 atom stereocenters. The van der Waals surface area contributed by atoms with E-state index < -0.39 is 132 Å². The van der Waals surface area contributed by atoms with Gasteiger partial charge in [0, 0.05) is 98.6 Å². The molecule has 33 nitrogen and oxygen atoms in total. The number of allylic oxidation sites excluding steroid dienone is 7. The summed E-state index contributed by atoms with van der Waals surface area (Å²) in [5.74, 6) is -6.72. The van der Waals surface area contributed by atoms with Gasteiger partial charge < -0.3 is 51.5 Å². The van der Waals surface area contributed by atoms with Gasteiger partial charge >= 0.3 is 46.9 Å². The molecule has 0 saturated heterocycles. The van der Waals surface area contributed by atoms with Gasteiger partial charge in [-0.05, 0) is 179 Å². The summed E-state index contributed by atoms with van der Waals surface area (Å²) in [7, 11) is -12.1. The average molecular weight is 1760 g/mol. The van der Waals surface area contributed by atoms with Crippen LogP contribution in [0.25, 0.3) is 0 Å². The molecule has 0 bridgehead atoms. The topological polar surface area (TPSA) is 518 Å². The Morgan fingerprint density at radius 3 is 1.75 bits per heavy atom. The van der Waals surface area contributed by atoms with E-state index in [0.717, 1.165) is 89.1 Å². The van der Waals surface area contributed by atoms with Gasteiger partial charge in [0.2, 0.25) is 23.4 Å². The second-order valence-electron chi connectivity index (χ2n) is 30.4. The minimum Gasteiger partial charge on any atom is -0.481 e. The maximum atomic E-state index is 14.5. The molecule has 0 unspecified atom stereocenters. The summed E-state index contributed by atoms with van der Waals surface area (Å²) in [4.78, 5) is 150. The first-order valence-corrected chi connectivity index (χ1v) is 43.8. The molecule has 36 heteroatoms. The molecule has 5 aromatic carbocycles. The predicted molar refractivity (Wildman–Crippen MR) is 447 cm³/mol. The van der Waals surface area contributed by atoms with E-state index >= 15 is 0 Å². The van der Waals surface area contributed by atoms with Crippen molar-refractivity contribution in [2.75, 3.05) is 31.1 Å². The van der Waals surface area contributed by atoms with Crippen LogP contribution in [0.3, 0.4) is 0 Å². The molecule has 662 valence electrons. The number of unbranched alkanes of at least 4 members (excludes halogenated alkanes) is 4. The van der Waals surface area contributed by atoms with Crippen LogP contribution in [0, 0.1) is 5.92 Å². The minimum atomic E-state index is -4.50. The molecular formula is C87H106N7O26S3+. The van der Waals surface area contributed by atoms with Crippen LogP contribution in [0.1, 0.15) is 185 Å². The van der Waals surface area contributed by atoms with Crippen LogP contribution in [-0.2, 0) is 118 Å². The lowest BCUT2D eigenvalue weighted by atomic mass is 9.81. The van der Waals surface area contributed by atoms with Gasteiger partial charge in [0.25, 0.3) is 20.2 Å². The number of nitrogens with one attached hydrogen (secondary N) is 5. The fourth-order valence-corrected chi connectivity index (χ4v) is 15.5.